The predicted octanol–water partition coefficient (Wildman–Crippen LogP) is 0.286. The van der Waals surface area contributed by atoms with E-state index in [2.05, 4.69) is 0 Å². The molecule has 6 heteroatoms. The number of rotatable bonds is 2. The summed E-state index contributed by atoms with van der Waals surface area (Å²) in [6.07, 6.45) is 0.683. The summed E-state index contributed by atoms with van der Waals surface area (Å²) in [4.78, 5) is 13.2. The molecule has 0 saturated heterocycles. The van der Waals surface area contributed by atoms with Crippen molar-refractivity contribution in [1.82, 2.24) is 0 Å². The van der Waals surface area contributed by atoms with E-state index < -0.39 is 15.7 Å². The lowest BCUT2D eigenvalue weighted by molar-refractivity contribution is -0.116. The highest BCUT2D eigenvalue weighted by Crippen LogP contribution is 2.30. The van der Waals surface area contributed by atoms with Gasteiger partial charge < -0.3 is 10.6 Å². The molecule has 5 nitrogen and oxygen atoms in total. The molecular weight excluding hydrogens is 240 g/mol. The van der Waals surface area contributed by atoms with Crippen molar-refractivity contribution in [3.05, 3.63) is 23.8 Å². The average Bonchev–Trinajstić information content (AvgIpc) is 2.71. The molecule has 1 heterocycles. The Morgan fingerprint density at radius 2 is 2.18 bits per heavy atom. The number of hydrogen-bond acceptors (Lipinski definition) is 4. The molecule has 2 rings (SSSR count). The molecule has 0 fully saturated rings. The van der Waals surface area contributed by atoms with Gasteiger partial charge in [0.15, 0.2) is 9.84 Å². The maximum Gasteiger partial charge on any atom is 0.223 e. The van der Waals surface area contributed by atoms with E-state index in [1.807, 2.05) is 0 Å². The molecule has 92 valence electrons. The quantitative estimate of drug-likeness (QED) is 0.822. The monoisotopic (exact) mass is 254 g/mol. The number of fused-ring (bicyclic) bond motifs is 1. The van der Waals surface area contributed by atoms with E-state index in [0.29, 0.717) is 13.0 Å². The lowest BCUT2D eigenvalue weighted by Crippen LogP contribution is -2.25. The Morgan fingerprint density at radius 3 is 2.76 bits per heavy atom. The number of nitrogens with two attached hydrogens (primary N) is 1. The Labute approximate surface area is 100 Å². The first-order chi connectivity index (χ1) is 7.95. The second kappa shape index (κ2) is 4.12. The van der Waals surface area contributed by atoms with Crippen molar-refractivity contribution < 1.29 is 13.2 Å². The van der Waals surface area contributed by atoms with Crippen LogP contribution in [0, 0.1) is 0 Å². The van der Waals surface area contributed by atoms with Gasteiger partial charge in [-0.3, -0.25) is 4.79 Å². The minimum absolute atomic E-state index is 0.0295. The van der Waals surface area contributed by atoms with Crippen LogP contribution in [0.4, 0.5) is 5.69 Å². The van der Waals surface area contributed by atoms with Crippen LogP contribution in [0.15, 0.2) is 23.1 Å². The first kappa shape index (κ1) is 12.1. The standard InChI is InChI=1S/C11H14N2O3S/c1-8(14)13-5-4-9-6-10(2-3-11(9)13)17(15,16)7-12/h2-3,6H,4-5,7,12H2,1H3. The molecule has 1 aliphatic rings. The summed E-state index contributed by atoms with van der Waals surface area (Å²) in [6, 6.07) is 4.79. The lowest BCUT2D eigenvalue weighted by Gasteiger charge is -2.14. The summed E-state index contributed by atoms with van der Waals surface area (Å²) in [7, 11) is -3.38. The zero-order valence-electron chi connectivity index (χ0n) is 9.51. The lowest BCUT2D eigenvalue weighted by atomic mass is 10.2. The van der Waals surface area contributed by atoms with Crippen molar-refractivity contribution in [2.45, 2.75) is 18.2 Å². The second-order valence-electron chi connectivity index (χ2n) is 3.99. The summed E-state index contributed by atoms with van der Waals surface area (Å²) in [5.41, 5.74) is 6.89. The Kier molecular flexibility index (Phi) is 2.92. The molecule has 0 radical (unpaired) electrons. The van der Waals surface area contributed by atoms with Gasteiger partial charge in [-0.2, -0.15) is 0 Å². The predicted molar refractivity (Wildman–Crippen MR) is 64.4 cm³/mol. The van der Waals surface area contributed by atoms with E-state index in [1.54, 1.807) is 17.0 Å². The van der Waals surface area contributed by atoms with Crippen molar-refractivity contribution in [2.24, 2.45) is 5.73 Å². The van der Waals surface area contributed by atoms with Crippen LogP contribution in [-0.4, -0.2) is 26.7 Å². The highest BCUT2D eigenvalue weighted by molar-refractivity contribution is 7.91. The Balaban J connectivity index is 2.45. The molecule has 1 aliphatic heterocycles. The van der Waals surface area contributed by atoms with Crippen LogP contribution in [-0.2, 0) is 21.1 Å². The number of amides is 1. The van der Waals surface area contributed by atoms with Crippen LogP contribution in [0.3, 0.4) is 0 Å². The van der Waals surface area contributed by atoms with Gasteiger partial charge in [0.25, 0.3) is 0 Å². The van der Waals surface area contributed by atoms with Gasteiger partial charge in [0.05, 0.1) is 4.90 Å². The van der Waals surface area contributed by atoms with Crippen LogP contribution in [0.2, 0.25) is 0 Å². The van der Waals surface area contributed by atoms with Gasteiger partial charge in [-0.1, -0.05) is 0 Å². The number of sulfone groups is 1. The van der Waals surface area contributed by atoms with Crippen LogP contribution >= 0.6 is 0 Å². The van der Waals surface area contributed by atoms with E-state index in [-0.39, 0.29) is 10.8 Å². The van der Waals surface area contributed by atoms with E-state index in [0.717, 1.165) is 11.3 Å². The van der Waals surface area contributed by atoms with Crippen molar-refractivity contribution in [3.8, 4) is 0 Å². The minimum atomic E-state index is -3.38. The molecule has 1 amide bonds. The van der Waals surface area contributed by atoms with Gasteiger partial charge in [-0.15, -0.1) is 0 Å². The molecule has 0 aromatic heterocycles. The number of nitrogens with zero attached hydrogens (tertiary/aromatic N) is 1. The zero-order valence-corrected chi connectivity index (χ0v) is 10.3. The third kappa shape index (κ3) is 2.05. The molecule has 0 spiro atoms. The van der Waals surface area contributed by atoms with Gasteiger partial charge in [-0.25, -0.2) is 8.42 Å². The largest absolute Gasteiger partial charge is 0.317 e. The molecule has 0 bridgehead atoms. The molecule has 0 saturated carbocycles. The number of carbonyl (C=O) groups is 1. The summed E-state index contributed by atoms with van der Waals surface area (Å²) >= 11 is 0. The van der Waals surface area contributed by atoms with Crippen LogP contribution in [0.5, 0.6) is 0 Å². The third-order valence-electron chi connectivity index (χ3n) is 2.91. The Hall–Kier alpha value is -1.40. The number of hydrogen-bond donors (Lipinski definition) is 1. The zero-order chi connectivity index (χ0) is 12.6. The maximum absolute atomic E-state index is 11.6. The van der Waals surface area contributed by atoms with E-state index in [4.69, 9.17) is 5.73 Å². The van der Waals surface area contributed by atoms with Gasteiger partial charge in [-0.05, 0) is 30.2 Å². The van der Waals surface area contributed by atoms with E-state index in [1.165, 1.54) is 13.0 Å². The first-order valence-corrected chi connectivity index (χ1v) is 6.95. The van der Waals surface area contributed by atoms with Crippen LogP contribution < -0.4 is 10.6 Å². The highest BCUT2D eigenvalue weighted by Gasteiger charge is 2.24. The minimum Gasteiger partial charge on any atom is -0.317 e. The number of anilines is 1. The van der Waals surface area contributed by atoms with Crippen molar-refractivity contribution in [2.75, 3.05) is 17.3 Å². The van der Waals surface area contributed by atoms with Crippen molar-refractivity contribution in [1.29, 1.82) is 0 Å². The first-order valence-electron chi connectivity index (χ1n) is 5.29. The van der Waals surface area contributed by atoms with Crippen molar-refractivity contribution >= 4 is 21.4 Å². The van der Waals surface area contributed by atoms with Crippen molar-refractivity contribution in [3.63, 3.8) is 0 Å². The fraction of sp³-hybridized carbons (Fsp3) is 0.364. The molecule has 0 atom stereocenters. The number of benzene rings is 1. The molecule has 0 unspecified atom stereocenters. The SMILES string of the molecule is CC(=O)N1CCc2cc(S(=O)(=O)CN)ccc21. The van der Waals surface area contributed by atoms with E-state index >= 15 is 0 Å². The molecular formula is C11H14N2O3S. The molecule has 1 aromatic carbocycles. The summed E-state index contributed by atoms with van der Waals surface area (Å²) < 4.78 is 23.2. The normalized spacial score (nSPS) is 14.8. The maximum atomic E-state index is 11.6. The smallest absolute Gasteiger partial charge is 0.223 e. The van der Waals surface area contributed by atoms with E-state index in [9.17, 15) is 13.2 Å². The summed E-state index contributed by atoms with van der Waals surface area (Å²) in [5, 5.41) is 0. The Morgan fingerprint density at radius 1 is 1.47 bits per heavy atom. The van der Waals surface area contributed by atoms with Gasteiger partial charge in [0.2, 0.25) is 5.91 Å². The molecule has 1 aromatic rings. The summed E-state index contributed by atoms with van der Waals surface area (Å²) in [6.45, 7) is 2.11. The fourth-order valence-corrected chi connectivity index (χ4v) is 2.78. The highest BCUT2D eigenvalue weighted by atomic mass is 32.2. The number of carbonyl (C=O) groups excluding carboxylic acids is 1. The third-order valence-corrected chi connectivity index (χ3v) is 4.32. The molecule has 17 heavy (non-hydrogen) atoms. The Bertz CT molecular complexity index is 566. The molecule has 2 N–H and O–H groups in total. The van der Waals surface area contributed by atoms with Gasteiger partial charge >= 0.3 is 0 Å². The summed E-state index contributed by atoms with van der Waals surface area (Å²) in [5.74, 6) is -0.430. The molecule has 0 aliphatic carbocycles. The van der Waals surface area contributed by atoms with Crippen LogP contribution in [0.25, 0.3) is 0 Å². The van der Waals surface area contributed by atoms with Gasteiger partial charge in [0, 0.05) is 19.2 Å². The second-order valence-corrected chi connectivity index (χ2v) is 6.03. The topological polar surface area (TPSA) is 80.5 Å². The average molecular weight is 254 g/mol. The fourth-order valence-electron chi connectivity index (χ4n) is 1.99. The van der Waals surface area contributed by atoms with Gasteiger partial charge in [0.1, 0.15) is 5.88 Å². The van der Waals surface area contributed by atoms with Crippen LogP contribution in [0.1, 0.15) is 12.5 Å².